The molecule has 3 rings (SSSR count). The fourth-order valence-corrected chi connectivity index (χ4v) is 3.06. The molecular weight excluding hydrogens is 340 g/mol. The second kappa shape index (κ2) is 7.73. The molecule has 9 nitrogen and oxygen atoms in total. The quantitative estimate of drug-likeness (QED) is 0.753. The second-order valence-electron chi connectivity index (χ2n) is 7.11. The van der Waals surface area contributed by atoms with E-state index in [4.69, 9.17) is 14.5 Å². The Labute approximate surface area is 152 Å². The first-order chi connectivity index (χ1) is 12.4. The van der Waals surface area contributed by atoms with Gasteiger partial charge in [-0.3, -0.25) is 4.79 Å². The summed E-state index contributed by atoms with van der Waals surface area (Å²) in [5.41, 5.74) is -0.546. The summed E-state index contributed by atoms with van der Waals surface area (Å²) < 4.78 is 10.8. The van der Waals surface area contributed by atoms with Crippen LogP contribution in [-0.4, -0.2) is 84.9 Å². The lowest BCUT2D eigenvalue weighted by Gasteiger charge is -2.33. The number of morpholine rings is 1. The lowest BCUT2D eigenvalue weighted by molar-refractivity contribution is -0.142. The predicted molar refractivity (Wildman–Crippen MR) is 94.8 cm³/mol. The van der Waals surface area contributed by atoms with Crippen LogP contribution in [0.3, 0.4) is 0 Å². The van der Waals surface area contributed by atoms with Crippen LogP contribution in [-0.2, 0) is 19.7 Å². The van der Waals surface area contributed by atoms with E-state index in [1.165, 1.54) is 0 Å². The molecule has 0 bridgehead atoms. The van der Waals surface area contributed by atoms with Gasteiger partial charge in [-0.1, -0.05) is 0 Å². The Bertz CT molecular complexity index is 648. The van der Waals surface area contributed by atoms with Crippen LogP contribution in [0.2, 0.25) is 0 Å². The van der Waals surface area contributed by atoms with Crippen LogP contribution in [0.25, 0.3) is 0 Å². The maximum Gasteiger partial charge on any atom is 0.313 e. The number of aromatic nitrogens is 2. The van der Waals surface area contributed by atoms with E-state index in [-0.39, 0.29) is 6.61 Å². The molecule has 2 N–H and O–H groups in total. The van der Waals surface area contributed by atoms with Gasteiger partial charge < -0.3 is 29.5 Å². The van der Waals surface area contributed by atoms with Gasteiger partial charge in [0.25, 0.3) is 0 Å². The third kappa shape index (κ3) is 3.89. The smallest absolute Gasteiger partial charge is 0.313 e. The molecule has 0 aliphatic carbocycles. The van der Waals surface area contributed by atoms with Crippen LogP contribution in [0.15, 0.2) is 6.20 Å². The fourth-order valence-electron chi connectivity index (χ4n) is 3.06. The average molecular weight is 366 g/mol. The van der Waals surface area contributed by atoms with Gasteiger partial charge in [0.1, 0.15) is 5.82 Å². The van der Waals surface area contributed by atoms with Gasteiger partial charge in [-0.25, -0.2) is 4.98 Å². The number of hydrogen-bond donors (Lipinski definition) is 2. The van der Waals surface area contributed by atoms with E-state index in [1.807, 2.05) is 9.80 Å². The van der Waals surface area contributed by atoms with E-state index >= 15 is 0 Å². The molecule has 2 saturated heterocycles. The maximum absolute atomic E-state index is 11.8. The highest BCUT2D eigenvalue weighted by Crippen LogP contribution is 2.32. The molecule has 0 spiro atoms. The van der Waals surface area contributed by atoms with Gasteiger partial charge in [0.2, 0.25) is 5.95 Å². The highest BCUT2D eigenvalue weighted by molar-refractivity contribution is 5.82. The van der Waals surface area contributed by atoms with E-state index in [9.17, 15) is 15.0 Å². The zero-order chi connectivity index (χ0) is 18.7. The van der Waals surface area contributed by atoms with Gasteiger partial charge in [-0.15, -0.1) is 0 Å². The molecule has 3 heterocycles. The lowest BCUT2D eigenvalue weighted by atomic mass is 9.85. The summed E-state index contributed by atoms with van der Waals surface area (Å²) in [5, 5.41) is 19.6. The molecule has 9 heteroatoms. The second-order valence-corrected chi connectivity index (χ2v) is 7.11. The molecule has 144 valence electrons. The Morgan fingerprint density at radius 1 is 1.19 bits per heavy atom. The number of carboxylic acids is 1. The predicted octanol–water partition coefficient (Wildman–Crippen LogP) is -0.127. The van der Waals surface area contributed by atoms with Crippen LogP contribution in [0.1, 0.15) is 19.4 Å². The topological polar surface area (TPSA) is 108 Å². The van der Waals surface area contributed by atoms with Gasteiger partial charge >= 0.3 is 5.97 Å². The highest BCUT2D eigenvalue weighted by atomic mass is 16.5. The third-order valence-electron chi connectivity index (χ3n) is 4.80. The summed E-state index contributed by atoms with van der Waals surface area (Å²) in [6, 6.07) is 0. The summed E-state index contributed by atoms with van der Waals surface area (Å²) in [4.78, 5) is 24.8. The number of aliphatic hydroxyl groups excluding tert-OH is 1. The molecule has 2 aliphatic heterocycles. The lowest BCUT2D eigenvalue weighted by Crippen LogP contribution is -2.41. The van der Waals surface area contributed by atoms with Gasteiger partial charge in [-0.2, -0.15) is 4.98 Å². The van der Waals surface area contributed by atoms with Crippen molar-refractivity contribution < 1.29 is 24.5 Å². The first kappa shape index (κ1) is 18.8. The van der Waals surface area contributed by atoms with Crippen LogP contribution >= 0.6 is 0 Å². The number of nitrogens with zero attached hydrogens (tertiary/aromatic N) is 4. The zero-order valence-electron chi connectivity index (χ0n) is 15.2. The van der Waals surface area contributed by atoms with Crippen molar-refractivity contribution in [1.29, 1.82) is 0 Å². The minimum Gasteiger partial charge on any atom is -0.481 e. The number of hydrogen-bond acceptors (Lipinski definition) is 8. The van der Waals surface area contributed by atoms with Crippen molar-refractivity contribution in [2.45, 2.75) is 25.4 Å². The number of aliphatic carboxylic acids is 1. The largest absolute Gasteiger partial charge is 0.481 e. The van der Waals surface area contributed by atoms with Gasteiger partial charge in [0.15, 0.2) is 0 Å². The molecule has 0 amide bonds. The summed E-state index contributed by atoms with van der Waals surface area (Å²) in [6.45, 7) is 7.46. The van der Waals surface area contributed by atoms with Crippen molar-refractivity contribution in [3.63, 3.8) is 0 Å². The van der Waals surface area contributed by atoms with E-state index < -0.39 is 17.5 Å². The molecule has 0 saturated carbocycles. The summed E-state index contributed by atoms with van der Waals surface area (Å²) in [7, 11) is 0. The average Bonchev–Trinajstić information content (AvgIpc) is 2.86. The van der Waals surface area contributed by atoms with Crippen molar-refractivity contribution >= 4 is 17.7 Å². The molecule has 1 aromatic heterocycles. The summed E-state index contributed by atoms with van der Waals surface area (Å²) in [6.07, 6.45) is 0.988. The molecule has 1 atom stereocenters. The van der Waals surface area contributed by atoms with E-state index in [2.05, 4.69) is 4.98 Å². The fraction of sp³-hybridized carbons (Fsp3) is 0.706. The Morgan fingerprint density at radius 3 is 2.54 bits per heavy atom. The van der Waals surface area contributed by atoms with Gasteiger partial charge in [0, 0.05) is 37.9 Å². The first-order valence-electron chi connectivity index (χ1n) is 8.84. The molecule has 0 radical (unpaired) electrons. The number of carboxylic acid groups (broad SMARTS) is 1. The van der Waals surface area contributed by atoms with E-state index in [0.717, 1.165) is 0 Å². The molecule has 1 aromatic rings. The summed E-state index contributed by atoms with van der Waals surface area (Å²) >= 11 is 0. The Kier molecular flexibility index (Phi) is 5.59. The Hall–Kier alpha value is -1.97. The molecule has 2 fully saturated rings. The third-order valence-corrected chi connectivity index (χ3v) is 4.80. The zero-order valence-corrected chi connectivity index (χ0v) is 15.2. The van der Waals surface area contributed by atoms with Crippen molar-refractivity contribution in [2.75, 3.05) is 62.4 Å². The molecule has 0 aromatic carbocycles. The number of β-amino-alcohol motifs (C(OH)–C–C–N with tert-alkyl or cyclic N) is 1. The van der Waals surface area contributed by atoms with Crippen molar-refractivity contribution in [3.05, 3.63) is 11.8 Å². The number of rotatable bonds is 4. The van der Waals surface area contributed by atoms with Crippen LogP contribution in [0.5, 0.6) is 0 Å². The van der Waals surface area contributed by atoms with Crippen LogP contribution in [0.4, 0.5) is 11.8 Å². The normalized spacial score (nSPS) is 22.2. The Balaban J connectivity index is 1.99. The number of aliphatic hydroxyl groups is 1. The van der Waals surface area contributed by atoms with Crippen LogP contribution < -0.4 is 9.80 Å². The number of anilines is 2. The van der Waals surface area contributed by atoms with E-state index in [0.29, 0.717) is 63.3 Å². The monoisotopic (exact) mass is 366 g/mol. The van der Waals surface area contributed by atoms with Crippen LogP contribution in [0, 0.1) is 0 Å². The first-order valence-corrected chi connectivity index (χ1v) is 8.84. The minimum absolute atomic E-state index is 0.289. The van der Waals surface area contributed by atoms with Crippen molar-refractivity contribution in [2.24, 2.45) is 0 Å². The maximum atomic E-state index is 11.8. The molecule has 26 heavy (non-hydrogen) atoms. The number of carbonyl (C=O) groups is 1. The summed E-state index contributed by atoms with van der Waals surface area (Å²) in [5.74, 6) is 0.160. The minimum atomic E-state index is -1.12. The highest BCUT2D eigenvalue weighted by Gasteiger charge is 2.35. The molecule has 0 unspecified atom stereocenters. The number of ether oxygens (including phenoxy) is 2. The van der Waals surface area contributed by atoms with E-state index in [1.54, 1.807) is 20.0 Å². The van der Waals surface area contributed by atoms with Crippen molar-refractivity contribution in [1.82, 2.24) is 9.97 Å². The molecular formula is C17H26N4O5. The standard InChI is InChI=1S/C17H26N4O5/c1-17(2,15(23)24)13-9-18-16(21-5-8-26-11-12(22)10-21)19-14(13)20-3-6-25-7-4-20/h9,12,22H,3-8,10-11H2,1-2H3,(H,23,24)/t12-/m1/s1. The molecule has 2 aliphatic rings. The van der Waals surface area contributed by atoms with Crippen molar-refractivity contribution in [3.8, 4) is 0 Å². The SMILES string of the molecule is CC(C)(C(=O)O)c1cnc(N2CCOC[C@H](O)C2)nc1N1CCOCC1. The Morgan fingerprint density at radius 2 is 1.85 bits per heavy atom. The van der Waals surface area contributed by atoms with Gasteiger partial charge in [0.05, 0.1) is 37.9 Å². The van der Waals surface area contributed by atoms with Gasteiger partial charge in [-0.05, 0) is 13.8 Å².